The molecule has 1 N–H and O–H groups in total. The quantitative estimate of drug-likeness (QED) is 0.590. The van der Waals surface area contributed by atoms with Gasteiger partial charge in [-0.15, -0.1) is 0 Å². The maximum atomic E-state index is 13.3. The van der Waals surface area contributed by atoms with Crippen molar-refractivity contribution in [1.29, 1.82) is 0 Å². The predicted molar refractivity (Wildman–Crippen MR) is 111 cm³/mol. The van der Waals surface area contributed by atoms with E-state index >= 15 is 0 Å². The number of halogens is 3. The minimum absolute atomic E-state index is 0.0244. The van der Waals surface area contributed by atoms with Crippen LogP contribution in [-0.2, 0) is 11.0 Å². The molecule has 1 aliphatic rings. The molecule has 0 saturated heterocycles. The standard InChI is InChI=1S/C23H16F3N3O/c1-2-14-10-20-21(11-18(14)23(24,25)26)29-22(30)12-19(28-20)16-6-3-5-15(9-16)17-7-4-8-27-13-17/h2-11,13H,1,12H2,(H,29,30). The third-order valence-corrected chi connectivity index (χ3v) is 4.74. The summed E-state index contributed by atoms with van der Waals surface area (Å²) in [6.45, 7) is 3.47. The van der Waals surface area contributed by atoms with Crippen molar-refractivity contribution in [2.75, 3.05) is 5.32 Å². The first-order chi connectivity index (χ1) is 14.3. The summed E-state index contributed by atoms with van der Waals surface area (Å²) in [7, 11) is 0. The van der Waals surface area contributed by atoms with Crippen molar-refractivity contribution in [2.45, 2.75) is 12.6 Å². The molecule has 1 aromatic heterocycles. The molecule has 2 heterocycles. The number of nitrogens with zero attached hydrogens (tertiary/aromatic N) is 2. The maximum Gasteiger partial charge on any atom is 0.417 e. The van der Waals surface area contributed by atoms with Gasteiger partial charge in [-0.1, -0.05) is 36.9 Å². The molecule has 0 spiro atoms. The molecule has 0 aliphatic carbocycles. The summed E-state index contributed by atoms with van der Waals surface area (Å²) in [6.07, 6.45) is -0.0917. The van der Waals surface area contributed by atoms with Crippen molar-refractivity contribution in [3.8, 4) is 11.1 Å². The van der Waals surface area contributed by atoms with Crippen LogP contribution in [0.4, 0.5) is 24.5 Å². The van der Waals surface area contributed by atoms with Crippen molar-refractivity contribution >= 4 is 29.1 Å². The van der Waals surface area contributed by atoms with E-state index in [4.69, 9.17) is 0 Å². The van der Waals surface area contributed by atoms with Gasteiger partial charge in [0.2, 0.25) is 5.91 Å². The van der Waals surface area contributed by atoms with Gasteiger partial charge in [0.1, 0.15) is 0 Å². The van der Waals surface area contributed by atoms with E-state index in [2.05, 4.69) is 21.9 Å². The van der Waals surface area contributed by atoms with E-state index < -0.39 is 17.6 Å². The fourth-order valence-electron chi connectivity index (χ4n) is 3.32. The van der Waals surface area contributed by atoms with Gasteiger partial charge < -0.3 is 5.32 Å². The number of fused-ring (bicyclic) bond motifs is 1. The molecule has 1 amide bonds. The summed E-state index contributed by atoms with van der Waals surface area (Å²) in [5, 5.41) is 2.53. The Labute approximate surface area is 170 Å². The number of alkyl halides is 3. The Morgan fingerprint density at radius 1 is 1.03 bits per heavy atom. The number of aliphatic imine (C=N–C) groups is 1. The van der Waals surface area contributed by atoms with Crippen LogP contribution in [0.25, 0.3) is 17.2 Å². The van der Waals surface area contributed by atoms with Crippen molar-refractivity contribution in [3.63, 3.8) is 0 Å². The monoisotopic (exact) mass is 407 g/mol. The molecule has 7 heteroatoms. The lowest BCUT2D eigenvalue weighted by atomic mass is 10.0. The molecular weight excluding hydrogens is 391 g/mol. The summed E-state index contributed by atoms with van der Waals surface area (Å²) < 4.78 is 40.0. The Balaban J connectivity index is 1.82. The number of aromatic nitrogens is 1. The molecule has 0 atom stereocenters. The maximum absolute atomic E-state index is 13.3. The Hall–Kier alpha value is -3.74. The van der Waals surface area contributed by atoms with Crippen molar-refractivity contribution < 1.29 is 18.0 Å². The first-order valence-corrected chi connectivity index (χ1v) is 9.11. The van der Waals surface area contributed by atoms with E-state index in [0.717, 1.165) is 23.3 Å². The fourth-order valence-corrected chi connectivity index (χ4v) is 3.32. The molecule has 150 valence electrons. The molecule has 2 aromatic carbocycles. The van der Waals surface area contributed by atoms with Gasteiger partial charge in [0, 0.05) is 18.0 Å². The first-order valence-electron chi connectivity index (χ1n) is 9.11. The second-order valence-electron chi connectivity index (χ2n) is 6.76. The molecule has 3 aromatic rings. The number of pyridine rings is 1. The molecular formula is C23H16F3N3O. The zero-order valence-corrected chi connectivity index (χ0v) is 15.7. The molecule has 0 bridgehead atoms. The second kappa shape index (κ2) is 7.59. The van der Waals surface area contributed by atoms with E-state index in [-0.39, 0.29) is 23.4 Å². The zero-order valence-electron chi connectivity index (χ0n) is 15.7. The van der Waals surface area contributed by atoms with Gasteiger partial charge in [-0.05, 0) is 41.0 Å². The topological polar surface area (TPSA) is 54.4 Å². The number of benzene rings is 2. The lowest BCUT2D eigenvalue weighted by Gasteiger charge is -2.14. The number of anilines is 1. The van der Waals surface area contributed by atoms with E-state index in [1.54, 1.807) is 12.4 Å². The van der Waals surface area contributed by atoms with Gasteiger partial charge in [0.25, 0.3) is 0 Å². The average Bonchev–Trinajstić information content (AvgIpc) is 2.90. The third kappa shape index (κ3) is 3.87. The Kier molecular flexibility index (Phi) is 4.95. The van der Waals surface area contributed by atoms with E-state index in [9.17, 15) is 18.0 Å². The number of carbonyl (C=O) groups excluding carboxylic acids is 1. The van der Waals surface area contributed by atoms with Crippen LogP contribution < -0.4 is 5.32 Å². The number of hydrogen-bond donors (Lipinski definition) is 1. The first kappa shape index (κ1) is 19.6. The van der Waals surface area contributed by atoms with Crippen LogP contribution in [0.15, 0.2) is 72.5 Å². The second-order valence-corrected chi connectivity index (χ2v) is 6.76. The van der Waals surface area contributed by atoms with Crippen molar-refractivity contribution in [3.05, 3.63) is 84.2 Å². The summed E-state index contributed by atoms with van der Waals surface area (Å²) in [5.74, 6) is -0.432. The summed E-state index contributed by atoms with van der Waals surface area (Å²) in [4.78, 5) is 21.0. The molecule has 4 rings (SSSR count). The Morgan fingerprint density at radius 2 is 1.80 bits per heavy atom. The zero-order chi connectivity index (χ0) is 21.3. The molecule has 0 radical (unpaired) electrons. The van der Waals surface area contributed by atoms with Crippen LogP contribution in [0.3, 0.4) is 0 Å². The highest BCUT2D eigenvalue weighted by atomic mass is 19.4. The van der Waals surface area contributed by atoms with Gasteiger partial charge in [0.05, 0.1) is 29.1 Å². The highest BCUT2D eigenvalue weighted by Crippen LogP contribution is 2.40. The van der Waals surface area contributed by atoms with Crippen molar-refractivity contribution in [1.82, 2.24) is 4.98 Å². The van der Waals surface area contributed by atoms with Crippen LogP contribution >= 0.6 is 0 Å². The largest absolute Gasteiger partial charge is 0.417 e. The van der Waals surface area contributed by atoms with Gasteiger partial charge in [0.15, 0.2) is 0 Å². The SMILES string of the molecule is C=Cc1cc2c(cc1C(F)(F)F)NC(=O)CC(c1cccc(-c3cccnc3)c1)=N2. The average molecular weight is 407 g/mol. The third-order valence-electron chi connectivity index (χ3n) is 4.74. The smallest absolute Gasteiger partial charge is 0.324 e. The van der Waals surface area contributed by atoms with E-state index in [1.165, 1.54) is 6.07 Å². The lowest BCUT2D eigenvalue weighted by molar-refractivity contribution is -0.137. The Bertz CT molecular complexity index is 1170. The molecule has 30 heavy (non-hydrogen) atoms. The minimum Gasteiger partial charge on any atom is -0.324 e. The van der Waals surface area contributed by atoms with E-state index in [0.29, 0.717) is 11.3 Å². The van der Waals surface area contributed by atoms with Crippen molar-refractivity contribution in [2.24, 2.45) is 4.99 Å². The van der Waals surface area contributed by atoms with Crippen LogP contribution in [0.5, 0.6) is 0 Å². The molecule has 1 aliphatic heterocycles. The van der Waals surface area contributed by atoms with Crippen LogP contribution in [0.2, 0.25) is 0 Å². The van der Waals surface area contributed by atoms with E-state index in [1.807, 2.05) is 36.4 Å². The van der Waals surface area contributed by atoms with Gasteiger partial charge >= 0.3 is 6.18 Å². The highest BCUT2D eigenvalue weighted by Gasteiger charge is 2.34. The predicted octanol–water partition coefficient (Wildman–Crippen LogP) is 5.87. The number of rotatable bonds is 3. The molecule has 0 unspecified atom stereocenters. The lowest BCUT2D eigenvalue weighted by Crippen LogP contribution is -2.15. The molecule has 4 nitrogen and oxygen atoms in total. The number of carbonyl (C=O) groups is 1. The van der Waals surface area contributed by atoms with Crippen LogP contribution in [-0.4, -0.2) is 16.6 Å². The molecule has 0 saturated carbocycles. The normalized spacial score (nSPS) is 13.7. The fraction of sp³-hybridized carbons (Fsp3) is 0.0870. The number of hydrogen-bond acceptors (Lipinski definition) is 3. The van der Waals surface area contributed by atoms with Gasteiger partial charge in [-0.3, -0.25) is 14.8 Å². The highest BCUT2D eigenvalue weighted by molar-refractivity contribution is 6.17. The van der Waals surface area contributed by atoms with Gasteiger partial charge in [-0.25, -0.2) is 0 Å². The molecule has 0 fully saturated rings. The van der Waals surface area contributed by atoms with Gasteiger partial charge in [-0.2, -0.15) is 13.2 Å². The number of amides is 1. The Morgan fingerprint density at radius 3 is 2.50 bits per heavy atom. The van der Waals surface area contributed by atoms with Crippen LogP contribution in [0, 0.1) is 0 Å². The summed E-state index contributed by atoms with van der Waals surface area (Å²) >= 11 is 0. The number of nitrogens with one attached hydrogen (secondary N) is 1. The minimum atomic E-state index is -4.57. The summed E-state index contributed by atoms with van der Waals surface area (Å²) in [6, 6.07) is 13.4. The summed E-state index contributed by atoms with van der Waals surface area (Å²) in [5.41, 5.74) is 2.29. The van der Waals surface area contributed by atoms with Crippen LogP contribution in [0.1, 0.15) is 23.1 Å².